The van der Waals surface area contributed by atoms with Crippen LogP contribution in [0.15, 0.2) is 29.8 Å². The van der Waals surface area contributed by atoms with Crippen molar-refractivity contribution in [3.8, 4) is 0 Å². The van der Waals surface area contributed by atoms with Crippen LogP contribution in [0.1, 0.15) is 18.9 Å². The summed E-state index contributed by atoms with van der Waals surface area (Å²) in [6.07, 6.45) is 3.75. The Bertz CT molecular complexity index is 543. The zero-order chi connectivity index (χ0) is 15.2. The van der Waals surface area contributed by atoms with Crippen molar-refractivity contribution in [1.29, 1.82) is 0 Å². The van der Waals surface area contributed by atoms with Gasteiger partial charge in [-0.1, -0.05) is 47.8 Å². The van der Waals surface area contributed by atoms with Gasteiger partial charge in [0.1, 0.15) is 0 Å². The van der Waals surface area contributed by atoms with Gasteiger partial charge in [-0.2, -0.15) is 0 Å². The molecule has 1 aliphatic heterocycles. The minimum atomic E-state index is -0.119. The summed E-state index contributed by atoms with van der Waals surface area (Å²) in [5.74, 6) is -0.0635. The molecular weight excluding hydrogens is 307 g/mol. The number of carbonyl (C=O) groups is 1. The monoisotopic (exact) mass is 326 g/mol. The molecule has 0 fully saturated rings. The molecule has 1 aromatic carbocycles. The predicted octanol–water partition coefficient (Wildman–Crippen LogP) is 3.21. The van der Waals surface area contributed by atoms with Crippen LogP contribution in [0.2, 0.25) is 10.0 Å². The SMILES string of the molecule is CC(Cc1ccc(Cl)cc1Cl)C(=O)NCC1=CCNCC1. The van der Waals surface area contributed by atoms with Gasteiger partial charge < -0.3 is 10.6 Å². The van der Waals surface area contributed by atoms with Gasteiger partial charge in [0.05, 0.1) is 0 Å². The van der Waals surface area contributed by atoms with Crippen molar-refractivity contribution >= 4 is 29.1 Å². The molecule has 1 heterocycles. The molecule has 2 rings (SSSR count). The predicted molar refractivity (Wildman–Crippen MR) is 87.9 cm³/mol. The summed E-state index contributed by atoms with van der Waals surface area (Å²) in [6.45, 7) is 4.43. The Morgan fingerprint density at radius 2 is 2.24 bits per heavy atom. The van der Waals surface area contributed by atoms with E-state index in [2.05, 4.69) is 16.7 Å². The maximum atomic E-state index is 12.1. The van der Waals surface area contributed by atoms with Gasteiger partial charge in [0.15, 0.2) is 0 Å². The molecule has 3 nitrogen and oxygen atoms in total. The number of benzene rings is 1. The molecule has 0 aromatic heterocycles. The summed E-state index contributed by atoms with van der Waals surface area (Å²) in [4.78, 5) is 12.1. The Morgan fingerprint density at radius 1 is 1.43 bits per heavy atom. The van der Waals surface area contributed by atoms with Gasteiger partial charge >= 0.3 is 0 Å². The van der Waals surface area contributed by atoms with Gasteiger partial charge in [-0.05, 0) is 37.1 Å². The summed E-state index contributed by atoms with van der Waals surface area (Å²) in [7, 11) is 0. The van der Waals surface area contributed by atoms with Crippen molar-refractivity contribution in [2.24, 2.45) is 5.92 Å². The lowest BCUT2D eigenvalue weighted by molar-refractivity contribution is -0.124. The van der Waals surface area contributed by atoms with Crippen LogP contribution in [0.25, 0.3) is 0 Å². The fourth-order valence-corrected chi connectivity index (χ4v) is 2.80. The summed E-state index contributed by atoms with van der Waals surface area (Å²) in [6, 6.07) is 5.39. The largest absolute Gasteiger partial charge is 0.352 e. The number of nitrogens with one attached hydrogen (secondary N) is 2. The van der Waals surface area contributed by atoms with Crippen LogP contribution in [-0.4, -0.2) is 25.5 Å². The number of hydrogen-bond donors (Lipinski definition) is 2. The second-order valence-corrected chi connectivity index (χ2v) is 6.22. The topological polar surface area (TPSA) is 41.1 Å². The van der Waals surface area contributed by atoms with Crippen LogP contribution >= 0.6 is 23.2 Å². The molecule has 0 radical (unpaired) electrons. The van der Waals surface area contributed by atoms with Crippen LogP contribution < -0.4 is 10.6 Å². The van der Waals surface area contributed by atoms with E-state index >= 15 is 0 Å². The highest BCUT2D eigenvalue weighted by Gasteiger charge is 2.15. The molecule has 114 valence electrons. The van der Waals surface area contributed by atoms with Gasteiger partial charge in [0.25, 0.3) is 0 Å². The first kappa shape index (κ1) is 16.3. The van der Waals surface area contributed by atoms with Crippen molar-refractivity contribution in [3.05, 3.63) is 45.5 Å². The molecule has 0 spiro atoms. The molecule has 0 saturated heterocycles. The van der Waals surface area contributed by atoms with Crippen LogP contribution in [0.3, 0.4) is 0 Å². The van der Waals surface area contributed by atoms with E-state index in [0.717, 1.165) is 25.1 Å². The first-order valence-corrected chi connectivity index (χ1v) is 7.92. The molecule has 5 heteroatoms. The lowest BCUT2D eigenvalue weighted by Crippen LogP contribution is -2.33. The molecule has 1 aromatic rings. The molecule has 21 heavy (non-hydrogen) atoms. The van der Waals surface area contributed by atoms with Gasteiger partial charge in [-0.3, -0.25) is 4.79 Å². The number of hydrogen-bond acceptors (Lipinski definition) is 2. The number of amides is 1. The zero-order valence-corrected chi connectivity index (χ0v) is 13.6. The minimum Gasteiger partial charge on any atom is -0.352 e. The lowest BCUT2D eigenvalue weighted by atomic mass is 10.00. The van der Waals surface area contributed by atoms with Crippen molar-refractivity contribution in [2.75, 3.05) is 19.6 Å². The smallest absolute Gasteiger partial charge is 0.223 e. The van der Waals surface area contributed by atoms with Crippen molar-refractivity contribution in [2.45, 2.75) is 19.8 Å². The standard InChI is InChI=1S/C16H20Cl2N2O/c1-11(8-13-2-3-14(17)9-15(13)18)16(21)20-10-12-4-6-19-7-5-12/h2-4,9,11,19H,5-8,10H2,1H3,(H,20,21). The normalized spacial score (nSPS) is 16.2. The Kier molecular flexibility index (Phi) is 6.09. The van der Waals surface area contributed by atoms with E-state index in [1.54, 1.807) is 12.1 Å². The fourth-order valence-electron chi connectivity index (χ4n) is 2.31. The van der Waals surface area contributed by atoms with Crippen LogP contribution in [0.5, 0.6) is 0 Å². The summed E-state index contributed by atoms with van der Waals surface area (Å²) >= 11 is 12.0. The lowest BCUT2D eigenvalue weighted by Gasteiger charge is -2.17. The van der Waals surface area contributed by atoms with E-state index in [-0.39, 0.29) is 11.8 Å². The van der Waals surface area contributed by atoms with Crippen LogP contribution in [-0.2, 0) is 11.2 Å². The van der Waals surface area contributed by atoms with E-state index in [4.69, 9.17) is 23.2 Å². The van der Waals surface area contributed by atoms with Crippen molar-refractivity contribution in [1.82, 2.24) is 10.6 Å². The number of halogens is 2. The van der Waals surface area contributed by atoms with Gasteiger partial charge in [-0.15, -0.1) is 0 Å². The van der Waals surface area contributed by atoms with Crippen LogP contribution in [0.4, 0.5) is 0 Å². The molecule has 1 atom stereocenters. The number of rotatable bonds is 5. The number of carbonyl (C=O) groups excluding carboxylic acids is 1. The molecule has 2 N–H and O–H groups in total. The second-order valence-electron chi connectivity index (χ2n) is 5.38. The summed E-state index contributed by atoms with van der Waals surface area (Å²) < 4.78 is 0. The first-order valence-electron chi connectivity index (χ1n) is 7.16. The Labute approximate surface area is 135 Å². The molecule has 1 aliphatic rings. The molecule has 0 bridgehead atoms. The molecular formula is C16H20Cl2N2O. The third-order valence-corrected chi connectivity index (χ3v) is 4.22. The van der Waals surface area contributed by atoms with Crippen LogP contribution in [0, 0.1) is 5.92 Å². The highest BCUT2D eigenvalue weighted by molar-refractivity contribution is 6.35. The quantitative estimate of drug-likeness (QED) is 0.816. The van der Waals surface area contributed by atoms with E-state index in [1.165, 1.54) is 5.57 Å². The Hall–Kier alpha value is -1.03. The summed E-state index contributed by atoms with van der Waals surface area (Å²) in [5.41, 5.74) is 2.24. The van der Waals surface area contributed by atoms with E-state index < -0.39 is 0 Å². The van der Waals surface area contributed by atoms with Crippen molar-refractivity contribution < 1.29 is 4.79 Å². The molecule has 0 aliphatic carbocycles. The van der Waals surface area contributed by atoms with E-state index in [0.29, 0.717) is 23.0 Å². The summed E-state index contributed by atoms with van der Waals surface area (Å²) in [5, 5.41) is 7.48. The Morgan fingerprint density at radius 3 is 2.90 bits per heavy atom. The van der Waals surface area contributed by atoms with E-state index in [9.17, 15) is 4.79 Å². The van der Waals surface area contributed by atoms with Crippen molar-refractivity contribution in [3.63, 3.8) is 0 Å². The maximum absolute atomic E-state index is 12.1. The molecule has 1 amide bonds. The average Bonchev–Trinajstić information content (AvgIpc) is 2.48. The minimum absolute atomic E-state index is 0.0560. The highest BCUT2D eigenvalue weighted by Crippen LogP contribution is 2.23. The average molecular weight is 327 g/mol. The fraction of sp³-hybridized carbons (Fsp3) is 0.438. The van der Waals surface area contributed by atoms with Gasteiger partial charge in [0.2, 0.25) is 5.91 Å². The molecule has 0 saturated carbocycles. The zero-order valence-electron chi connectivity index (χ0n) is 12.1. The van der Waals surface area contributed by atoms with Gasteiger partial charge in [-0.25, -0.2) is 0 Å². The van der Waals surface area contributed by atoms with Gasteiger partial charge in [0, 0.05) is 29.1 Å². The molecule has 1 unspecified atom stereocenters. The third kappa shape index (κ3) is 5.03. The first-order chi connectivity index (χ1) is 10.1. The van der Waals surface area contributed by atoms with E-state index in [1.807, 2.05) is 13.0 Å². The third-order valence-electron chi connectivity index (χ3n) is 3.64. The maximum Gasteiger partial charge on any atom is 0.223 e. The highest BCUT2D eigenvalue weighted by atomic mass is 35.5. The second kappa shape index (κ2) is 7.83. The Balaban J connectivity index is 1.85.